The van der Waals surface area contributed by atoms with E-state index in [2.05, 4.69) is 5.32 Å². The number of hydrogen-bond acceptors (Lipinski definition) is 3. The Balaban J connectivity index is 2.57. The molecule has 0 spiro atoms. The highest BCUT2D eigenvalue weighted by Gasteiger charge is 2.21. The van der Waals surface area contributed by atoms with Gasteiger partial charge in [-0.05, 0) is 25.1 Å². The van der Waals surface area contributed by atoms with Crippen LogP contribution in [0.2, 0.25) is 10.0 Å². The fraction of sp³-hybridized carbons (Fsp3) is 0.500. The van der Waals surface area contributed by atoms with E-state index < -0.39 is 6.10 Å². The Morgan fingerprint density at radius 1 is 1.45 bits per heavy atom. The lowest BCUT2D eigenvalue weighted by molar-refractivity contribution is -0.127. The van der Waals surface area contributed by atoms with E-state index in [1.807, 2.05) is 13.8 Å². The molecule has 6 heteroatoms. The van der Waals surface area contributed by atoms with Crippen LogP contribution in [-0.4, -0.2) is 30.3 Å². The monoisotopic (exact) mass is 319 g/mol. The van der Waals surface area contributed by atoms with Crippen molar-refractivity contribution in [2.75, 3.05) is 13.2 Å². The van der Waals surface area contributed by atoms with Crippen molar-refractivity contribution in [1.82, 2.24) is 5.32 Å². The van der Waals surface area contributed by atoms with Crippen LogP contribution >= 0.6 is 23.2 Å². The van der Waals surface area contributed by atoms with Gasteiger partial charge in [-0.3, -0.25) is 4.79 Å². The van der Waals surface area contributed by atoms with Crippen molar-refractivity contribution in [2.24, 2.45) is 5.41 Å². The van der Waals surface area contributed by atoms with Crippen LogP contribution < -0.4 is 10.1 Å². The highest BCUT2D eigenvalue weighted by molar-refractivity contribution is 6.35. The molecule has 1 rings (SSSR count). The molecule has 1 aromatic carbocycles. The summed E-state index contributed by atoms with van der Waals surface area (Å²) in [6.45, 7) is 5.70. The Labute approximate surface area is 129 Å². The number of carbonyl (C=O) groups excluding carboxylic acids is 1. The Morgan fingerprint density at radius 3 is 2.65 bits per heavy atom. The van der Waals surface area contributed by atoms with Crippen molar-refractivity contribution in [3.05, 3.63) is 28.2 Å². The topological polar surface area (TPSA) is 58.6 Å². The van der Waals surface area contributed by atoms with Crippen molar-refractivity contribution >= 4 is 29.1 Å². The van der Waals surface area contributed by atoms with Crippen molar-refractivity contribution < 1.29 is 14.6 Å². The number of halogens is 2. The van der Waals surface area contributed by atoms with Gasteiger partial charge in [-0.25, -0.2) is 0 Å². The molecule has 2 N–H and O–H groups in total. The average molecular weight is 320 g/mol. The summed E-state index contributed by atoms with van der Waals surface area (Å²) in [4.78, 5) is 11.9. The zero-order valence-corrected chi connectivity index (χ0v) is 13.3. The lowest BCUT2D eigenvalue weighted by Gasteiger charge is -2.23. The number of amides is 1. The summed E-state index contributed by atoms with van der Waals surface area (Å²) in [6.07, 6.45) is -0.692. The number of nitrogens with one attached hydrogen (secondary N) is 1. The minimum Gasteiger partial charge on any atom is -0.479 e. The number of carbonyl (C=O) groups is 1. The van der Waals surface area contributed by atoms with Gasteiger partial charge in [-0.2, -0.15) is 0 Å². The van der Waals surface area contributed by atoms with Gasteiger partial charge < -0.3 is 15.2 Å². The number of ether oxygens (including phenoxy) is 1. The molecule has 0 aliphatic heterocycles. The third-order valence-corrected chi connectivity index (χ3v) is 3.27. The molecule has 1 unspecified atom stereocenters. The lowest BCUT2D eigenvalue weighted by atomic mass is 9.95. The van der Waals surface area contributed by atoms with Crippen molar-refractivity contribution in [3.8, 4) is 5.75 Å². The highest BCUT2D eigenvalue weighted by atomic mass is 35.5. The number of rotatable bonds is 6. The van der Waals surface area contributed by atoms with Crippen molar-refractivity contribution in [3.63, 3.8) is 0 Å². The molecule has 0 aromatic heterocycles. The average Bonchev–Trinajstić information content (AvgIpc) is 2.39. The molecular formula is C14H19Cl2NO3. The number of aliphatic hydroxyl groups excluding tert-OH is 1. The minimum absolute atomic E-state index is 0.00840. The molecule has 0 bridgehead atoms. The van der Waals surface area contributed by atoms with Crippen molar-refractivity contribution in [2.45, 2.75) is 26.9 Å². The van der Waals surface area contributed by atoms with E-state index in [-0.39, 0.29) is 17.9 Å². The number of aliphatic hydroxyl groups is 1. The lowest BCUT2D eigenvalue weighted by Crippen LogP contribution is -2.42. The maximum Gasteiger partial charge on any atom is 0.260 e. The summed E-state index contributed by atoms with van der Waals surface area (Å²) < 4.78 is 5.50. The molecule has 0 aliphatic carbocycles. The molecule has 20 heavy (non-hydrogen) atoms. The molecule has 1 atom stereocenters. The van der Waals surface area contributed by atoms with E-state index in [4.69, 9.17) is 33.0 Å². The van der Waals surface area contributed by atoms with E-state index in [9.17, 15) is 4.79 Å². The van der Waals surface area contributed by atoms with Gasteiger partial charge in [0, 0.05) is 23.6 Å². The summed E-state index contributed by atoms with van der Waals surface area (Å²) in [5, 5.41) is 12.7. The Morgan fingerprint density at radius 2 is 2.10 bits per heavy atom. The van der Waals surface area contributed by atoms with Crippen LogP contribution in [0.3, 0.4) is 0 Å². The summed E-state index contributed by atoms with van der Waals surface area (Å²) in [5.74, 6) is 0.137. The van der Waals surface area contributed by atoms with Gasteiger partial charge in [0.1, 0.15) is 5.75 Å². The predicted molar refractivity (Wildman–Crippen MR) is 80.4 cm³/mol. The van der Waals surface area contributed by atoms with E-state index in [1.54, 1.807) is 25.1 Å². The molecular weight excluding hydrogens is 301 g/mol. The highest BCUT2D eigenvalue weighted by Crippen LogP contribution is 2.28. The number of hydrogen-bond donors (Lipinski definition) is 2. The maximum absolute atomic E-state index is 11.9. The summed E-state index contributed by atoms with van der Waals surface area (Å²) >= 11 is 11.8. The first kappa shape index (κ1) is 17.1. The summed E-state index contributed by atoms with van der Waals surface area (Å²) in [6, 6.07) is 4.81. The Bertz CT molecular complexity index is 477. The standard InChI is InChI=1S/C14H19Cl2NO3/c1-9(13(19)17-7-14(2,3)8-18)20-12-5-4-10(15)6-11(12)16/h4-6,9,18H,7-8H2,1-3H3,(H,17,19). The van der Waals surface area contributed by atoms with E-state index in [0.29, 0.717) is 22.3 Å². The fourth-order valence-corrected chi connectivity index (χ4v) is 1.79. The third-order valence-electron chi connectivity index (χ3n) is 2.74. The van der Waals surface area contributed by atoms with Gasteiger partial charge in [-0.15, -0.1) is 0 Å². The van der Waals surface area contributed by atoms with E-state index in [1.165, 1.54) is 0 Å². The molecule has 0 radical (unpaired) electrons. The first-order valence-electron chi connectivity index (χ1n) is 6.25. The molecule has 4 nitrogen and oxygen atoms in total. The maximum atomic E-state index is 11.9. The van der Waals surface area contributed by atoms with Crippen LogP contribution in [0.15, 0.2) is 18.2 Å². The Hall–Kier alpha value is -0.970. The van der Waals surface area contributed by atoms with Gasteiger partial charge in [0.15, 0.2) is 6.10 Å². The van der Waals surface area contributed by atoms with Crippen LogP contribution in [0.4, 0.5) is 0 Å². The van der Waals surface area contributed by atoms with Gasteiger partial charge in [0.2, 0.25) is 0 Å². The van der Waals surface area contributed by atoms with Crippen LogP contribution in [0.25, 0.3) is 0 Å². The SMILES string of the molecule is CC(Oc1ccc(Cl)cc1Cl)C(=O)NCC(C)(C)CO. The van der Waals surface area contributed by atoms with E-state index in [0.717, 1.165) is 0 Å². The summed E-state index contributed by atoms with van der Waals surface area (Å²) in [7, 11) is 0. The Kier molecular flexibility index (Phi) is 6.11. The first-order chi connectivity index (χ1) is 9.25. The number of benzene rings is 1. The van der Waals surface area contributed by atoms with Crippen LogP contribution in [-0.2, 0) is 4.79 Å². The van der Waals surface area contributed by atoms with E-state index >= 15 is 0 Å². The zero-order chi connectivity index (χ0) is 15.3. The van der Waals surface area contributed by atoms with Gasteiger partial charge >= 0.3 is 0 Å². The minimum atomic E-state index is -0.692. The van der Waals surface area contributed by atoms with Crippen LogP contribution in [0.5, 0.6) is 5.75 Å². The molecule has 0 saturated heterocycles. The van der Waals surface area contributed by atoms with Gasteiger partial charge in [-0.1, -0.05) is 37.0 Å². The van der Waals surface area contributed by atoms with Crippen LogP contribution in [0.1, 0.15) is 20.8 Å². The fourth-order valence-electron chi connectivity index (χ4n) is 1.34. The first-order valence-corrected chi connectivity index (χ1v) is 7.01. The normalized spacial score (nSPS) is 12.9. The third kappa shape index (κ3) is 5.19. The van der Waals surface area contributed by atoms with Crippen LogP contribution in [0, 0.1) is 5.41 Å². The quantitative estimate of drug-likeness (QED) is 0.847. The molecule has 0 heterocycles. The van der Waals surface area contributed by atoms with Crippen molar-refractivity contribution in [1.29, 1.82) is 0 Å². The largest absolute Gasteiger partial charge is 0.479 e. The molecule has 112 valence electrons. The smallest absolute Gasteiger partial charge is 0.260 e. The van der Waals surface area contributed by atoms with Gasteiger partial charge in [0.25, 0.3) is 5.91 Å². The summed E-state index contributed by atoms with van der Waals surface area (Å²) in [5.41, 5.74) is -0.368. The molecule has 1 amide bonds. The van der Waals surface area contributed by atoms with Gasteiger partial charge in [0.05, 0.1) is 5.02 Å². The molecule has 0 saturated carbocycles. The molecule has 1 aromatic rings. The molecule has 0 fully saturated rings. The second-order valence-corrected chi connectivity index (χ2v) is 6.22. The predicted octanol–water partition coefficient (Wildman–Crippen LogP) is 2.90. The zero-order valence-electron chi connectivity index (χ0n) is 11.7. The second-order valence-electron chi connectivity index (χ2n) is 5.37. The second kappa shape index (κ2) is 7.16. The molecule has 0 aliphatic rings.